The molecule has 1 amide bonds. The first-order chi connectivity index (χ1) is 16.8. The van der Waals surface area contributed by atoms with Crippen molar-refractivity contribution in [2.75, 3.05) is 39.3 Å². The van der Waals surface area contributed by atoms with Gasteiger partial charge in [0.15, 0.2) is 11.5 Å². The molecule has 12 heteroatoms. The average molecular weight is 520 g/mol. The summed E-state index contributed by atoms with van der Waals surface area (Å²) in [7, 11) is 1.41. The van der Waals surface area contributed by atoms with Crippen molar-refractivity contribution in [3.05, 3.63) is 58.8 Å². The second-order valence-corrected chi connectivity index (χ2v) is 9.72. The van der Waals surface area contributed by atoms with Crippen molar-refractivity contribution in [1.29, 1.82) is 0 Å². The fourth-order valence-corrected chi connectivity index (χ4v) is 5.12. The van der Waals surface area contributed by atoms with Gasteiger partial charge in [0.2, 0.25) is 0 Å². The topological polar surface area (TPSA) is 116 Å². The first-order valence-corrected chi connectivity index (χ1v) is 12.5. The summed E-state index contributed by atoms with van der Waals surface area (Å²) in [5.41, 5.74) is 2.48. The van der Waals surface area contributed by atoms with Crippen LogP contribution >= 0.6 is 11.3 Å². The summed E-state index contributed by atoms with van der Waals surface area (Å²) in [6, 6.07) is 12.5. The summed E-state index contributed by atoms with van der Waals surface area (Å²) in [6.07, 6.45) is 1.47. The molecule has 0 aliphatic carbocycles. The fraction of sp³-hybridized carbons (Fsp3) is 0.217. The molecule has 0 radical (unpaired) electrons. The number of hydrogen-bond acceptors (Lipinski definition) is 9. The van der Waals surface area contributed by atoms with Crippen molar-refractivity contribution in [1.82, 2.24) is 5.43 Å². The van der Waals surface area contributed by atoms with Crippen LogP contribution in [0.5, 0.6) is 23.0 Å². The van der Waals surface area contributed by atoms with Gasteiger partial charge in [0.1, 0.15) is 18.0 Å². The Morgan fingerprint density at radius 1 is 0.971 bits per heavy atom. The molecule has 2 aromatic carbocycles. The van der Waals surface area contributed by atoms with E-state index in [-0.39, 0.29) is 22.1 Å². The van der Waals surface area contributed by atoms with E-state index in [9.17, 15) is 13.2 Å². The highest BCUT2D eigenvalue weighted by Gasteiger charge is 2.31. The first-order valence-electron chi connectivity index (χ1n) is 10.2. The Morgan fingerprint density at radius 3 is 2.31 bits per heavy atom. The van der Waals surface area contributed by atoms with Gasteiger partial charge in [-0.25, -0.2) is 13.8 Å². The molecule has 186 valence electrons. The number of thiophene rings is 1. The van der Waals surface area contributed by atoms with Gasteiger partial charge < -0.3 is 18.9 Å². The van der Waals surface area contributed by atoms with E-state index >= 15 is 0 Å². The number of hydrogen-bond donors (Lipinski definition) is 1. The highest BCUT2D eigenvalue weighted by Crippen LogP contribution is 2.37. The maximum atomic E-state index is 13.8. The lowest BCUT2D eigenvalue weighted by Crippen LogP contribution is -2.39. The van der Waals surface area contributed by atoms with Gasteiger partial charge in [0.05, 0.1) is 45.2 Å². The Balaban J connectivity index is 2.03. The second kappa shape index (κ2) is 11.6. The molecular formula is C23H25N3O7S2. The summed E-state index contributed by atoms with van der Waals surface area (Å²) >= 11 is 1.44. The molecule has 1 N–H and O–H groups in total. The molecule has 1 heterocycles. The molecule has 3 aromatic rings. The van der Waals surface area contributed by atoms with Gasteiger partial charge in [-0.1, -0.05) is 6.07 Å². The fourth-order valence-electron chi connectivity index (χ4n) is 3.09. The monoisotopic (exact) mass is 519 g/mol. The largest absolute Gasteiger partial charge is 0.497 e. The van der Waals surface area contributed by atoms with Crippen molar-refractivity contribution >= 4 is 39.2 Å². The van der Waals surface area contributed by atoms with Gasteiger partial charge >= 0.3 is 0 Å². The lowest BCUT2D eigenvalue weighted by Gasteiger charge is -2.26. The molecule has 0 bridgehead atoms. The highest BCUT2D eigenvalue weighted by molar-refractivity contribution is 7.92. The van der Waals surface area contributed by atoms with Crippen molar-refractivity contribution in [2.45, 2.75) is 4.90 Å². The number of amides is 1. The van der Waals surface area contributed by atoms with Crippen molar-refractivity contribution < 1.29 is 32.2 Å². The zero-order valence-corrected chi connectivity index (χ0v) is 21.2. The van der Waals surface area contributed by atoms with E-state index in [4.69, 9.17) is 18.9 Å². The number of carbonyl (C=O) groups excluding carboxylic acids is 1. The Bertz CT molecular complexity index is 1290. The Morgan fingerprint density at radius 2 is 1.69 bits per heavy atom. The number of hydrazone groups is 1. The van der Waals surface area contributed by atoms with Gasteiger partial charge in [-0.3, -0.25) is 9.10 Å². The van der Waals surface area contributed by atoms with Gasteiger partial charge in [-0.05, 0) is 35.7 Å². The molecule has 10 nitrogen and oxygen atoms in total. The molecule has 0 aliphatic rings. The predicted molar refractivity (Wildman–Crippen MR) is 134 cm³/mol. The number of benzene rings is 2. The van der Waals surface area contributed by atoms with Crippen LogP contribution in [0.1, 0.15) is 4.88 Å². The molecule has 1 aromatic heterocycles. The minimum absolute atomic E-state index is 0.110. The summed E-state index contributed by atoms with van der Waals surface area (Å²) in [6.45, 7) is -0.581. The third-order valence-corrected chi connectivity index (χ3v) is 7.37. The van der Waals surface area contributed by atoms with E-state index in [1.807, 2.05) is 17.5 Å². The molecule has 0 saturated carbocycles. The number of carbonyl (C=O) groups is 1. The summed E-state index contributed by atoms with van der Waals surface area (Å²) < 4.78 is 49.6. The van der Waals surface area contributed by atoms with Crippen LogP contribution in [0.2, 0.25) is 0 Å². The van der Waals surface area contributed by atoms with Crippen LogP contribution in [0.3, 0.4) is 0 Å². The normalized spacial score (nSPS) is 11.2. The average Bonchev–Trinajstić information content (AvgIpc) is 3.39. The van der Waals surface area contributed by atoms with Crippen LogP contribution < -0.4 is 28.7 Å². The van der Waals surface area contributed by atoms with Crippen LogP contribution in [-0.2, 0) is 14.8 Å². The zero-order chi connectivity index (χ0) is 25.4. The van der Waals surface area contributed by atoms with E-state index in [1.54, 1.807) is 12.1 Å². The van der Waals surface area contributed by atoms with Gasteiger partial charge in [-0.2, -0.15) is 5.10 Å². The maximum absolute atomic E-state index is 13.8. The number of sulfonamides is 1. The number of anilines is 1. The third-order valence-electron chi connectivity index (χ3n) is 4.81. The van der Waals surface area contributed by atoms with E-state index in [0.29, 0.717) is 11.5 Å². The standard InChI is InChI=1S/C23H25N3O7S2/c1-30-16-7-9-20(31-2)19(12-16)26(15-23(27)25-24-14-17-6-5-11-34-17)35(28,29)18-8-10-21(32-3)22(13-18)33-4/h5-14H,15H2,1-4H3,(H,25,27)/b24-14-. The molecule has 3 rings (SSSR count). The molecule has 0 atom stereocenters. The quantitative estimate of drug-likeness (QED) is 0.306. The van der Waals surface area contributed by atoms with Crippen LogP contribution in [0.4, 0.5) is 5.69 Å². The van der Waals surface area contributed by atoms with E-state index in [1.165, 1.54) is 70.3 Å². The van der Waals surface area contributed by atoms with E-state index in [0.717, 1.165) is 9.18 Å². The maximum Gasteiger partial charge on any atom is 0.265 e. The number of ether oxygens (including phenoxy) is 4. The van der Waals surface area contributed by atoms with Crippen LogP contribution in [-0.4, -0.2) is 55.5 Å². The van der Waals surface area contributed by atoms with Crippen molar-refractivity contribution in [2.24, 2.45) is 5.10 Å². The second-order valence-electron chi connectivity index (χ2n) is 6.87. The van der Waals surface area contributed by atoms with Crippen molar-refractivity contribution in [3.8, 4) is 23.0 Å². The molecule has 35 heavy (non-hydrogen) atoms. The van der Waals surface area contributed by atoms with Crippen LogP contribution in [0, 0.1) is 0 Å². The number of nitrogens with one attached hydrogen (secondary N) is 1. The van der Waals surface area contributed by atoms with Gasteiger partial charge in [0.25, 0.3) is 15.9 Å². The first kappa shape index (κ1) is 25.8. The smallest absolute Gasteiger partial charge is 0.265 e. The minimum atomic E-state index is -4.28. The number of methoxy groups -OCH3 is 4. The number of rotatable bonds is 11. The lowest BCUT2D eigenvalue weighted by molar-refractivity contribution is -0.119. The van der Waals surface area contributed by atoms with Gasteiger partial charge in [-0.15, -0.1) is 11.3 Å². The highest BCUT2D eigenvalue weighted by atomic mass is 32.2. The van der Waals surface area contributed by atoms with E-state index in [2.05, 4.69) is 10.5 Å². The van der Waals surface area contributed by atoms with Gasteiger partial charge in [0, 0.05) is 17.0 Å². The Labute approximate surface area is 207 Å². The molecule has 0 saturated heterocycles. The Hall–Kier alpha value is -3.77. The molecular weight excluding hydrogens is 494 g/mol. The zero-order valence-electron chi connectivity index (χ0n) is 19.5. The number of nitrogens with zero attached hydrogens (tertiary/aromatic N) is 2. The lowest BCUT2D eigenvalue weighted by atomic mass is 10.2. The van der Waals surface area contributed by atoms with Crippen molar-refractivity contribution in [3.63, 3.8) is 0 Å². The SMILES string of the molecule is COc1ccc(OC)c(N(CC(=O)N/N=C\c2cccs2)S(=O)(=O)c2ccc(OC)c(OC)c2)c1. The molecule has 0 fully saturated rings. The Kier molecular flexibility index (Phi) is 8.55. The molecule has 0 aliphatic heterocycles. The summed E-state index contributed by atoms with van der Waals surface area (Å²) in [5.74, 6) is 0.523. The third kappa shape index (κ3) is 6.03. The van der Waals surface area contributed by atoms with Crippen LogP contribution in [0.15, 0.2) is 63.9 Å². The molecule has 0 unspecified atom stereocenters. The van der Waals surface area contributed by atoms with Crippen LogP contribution in [0.25, 0.3) is 0 Å². The molecule has 0 spiro atoms. The predicted octanol–water partition coefficient (Wildman–Crippen LogP) is 3.13. The van der Waals surface area contributed by atoms with E-state index < -0.39 is 22.5 Å². The summed E-state index contributed by atoms with van der Waals surface area (Å²) in [5, 5.41) is 5.78. The summed E-state index contributed by atoms with van der Waals surface area (Å²) in [4.78, 5) is 13.5. The minimum Gasteiger partial charge on any atom is -0.497 e.